The minimum absolute atomic E-state index is 0.591. The summed E-state index contributed by atoms with van der Waals surface area (Å²) in [6.45, 7) is 0. The molecule has 70 valence electrons. The summed E-state index contributed by atoms with van der Waals surface area (Å²) in [6.07, 6.45) is 1.24. The first-order valence-electron chi connectivity index (χ1n) is 4.26. The Kier molecular flexibility index (Phi) is 2.70. The van der Waals surface area contributed by atoms with Crippen molar-refractivity contribution in [1.82, 2.24) is 0 Å². The highest BCUT2D eigenvalue weighted by atomic mass is 35.5. The Hall–Kier alpha value is -0.340. The zero-order valence-corrected chi connectivity index (χ0v) is 8.99. The molecular weight excluding hydrogens is 204 g/mol. The van der Waals surface area contributed by atoms with Crippen molar-refractivity contribution in [3.63, 3.8) is 0 Å². The molecule has 1 nitrogen and oxygen atoms in total. The number of thioether (sulfide) groups is 1. The molecule has 0 bridgehead atoms. The standard InChI is InChI=1S/C10H11ClOS/c1-12-9-3-2-7(11)6-8(9)10-4-5-13-10/h2-3,6,10H,4-5H2,1H3. The van der Waals surface area contributed by atoms with Crippen LogP contribution in [-0.4, -0.2) is 12.9 Å². The fourth-order valence-corrected chi connectivity index (χ4v) is 2.45. The smallest absolute Gasteiger partial charge is 0.123 e. The molecule has 1 unspecified atom stereocenters. The van der Waals surface area contributed by atoms with Gasteiger partial charge >= 0.3 is 0 Å². The first-order valence-corrected chi connectivity index (χ1v) is 5.69. The van der Waals surface area contributed by atoms with Crippen LogP contribution in [0.5, 0.6) is 5.75 Å². The van der Waals surface area contributed by atoms with Gasteiger partial charge in [0.1, 0.15) is 5.75 Å². The molecule has 13 heavy (non-hydrogen) atoms. The van der Waals surface area contributed by atoms with E-state index in [2.05, 4.69) is 0 Å². The minimum atomic E-state index is 0.591. The van der Waals surface area contributed by atoms with Crippen LogP contribution in [0.4, 0.5) is 0 Å². The maximum absolute atomic E-state index is 5.93. The van der Waals surface area contributed by atoms with Crippen LogP contribution < -0.4 is 4.74 Å². The second-order valence-corrected chi connectivity index (χ2v) is 4.78. The summed E-state index contributed by atoms with van der Waals surface area (Å²) in [7, 11) is 1.70. The number of methoxy groups -OCH3 is 1. The molecule has 1 saturated heterocycles. The molecule has 1 aliphatic rings. The van der Waals surface area contributed by atoms with Crippen molar-refractivity contribution >= 4 is 23.4 Å². The van der Waals surface area contributed by atoms with Crippen LogP contribution in [0.25, 0.3) is 0 Å². The highest BCUT2D eigenvalue weighted by Crippen LogP contribution is 2.46. The van der Waals surface area contributed by atoms with Gasteiger partial charge in [0, 0.05) is 15.8 Å². The van der Waals surface area contributed by atoms with Crippen LogP contribution in [0, 0.1) is 0 Å². The van der Waals surface area contributed by atoms with Gasteiger partial charge in [-0.05, 0) is 30.4 Å². The molecule has 3 heteroatoms. The highest BCUT2D eigenvalue weighted by Gasteiger charge is 2.23. The Bertz CT molecular complexity index is 310. The van der Waals surface area contributed by atoms with Gasteiger partial charge in [0.2, 0.25) is 0 Å². The second kappa shape index (κ2) is 3.81. The highest BCUT2D eigenvalue weighted by molar-refractivity contribution is 8.00. The third-order valence-corrected chi connectivity index (χ3v) is 3.84. The zero-order valence-electron chi connectivity index (χ0n) is 7.42. The molecule has 1 aromatic rings. The van der Waals surface area contributed by atoms with E-state index in [0.717, 1.165) is 10.8 Å². The summed E-state index contributed by atoms with van der Waals surface area (Å²) in [4.78, 5) is 0. The molecule has 1 heterocycles. The van der Waals surface area contributed by atoms with Gasteiger partial charge in [0.25, 0.3) is 0 Å². The van der Waals surface area contributed by atoms with Crippen LogP contribution in [0.15, 0.2) is 18.2 Å². The van der Waals surface area contributed by atoms with Gasteiger partial charge in [0.15, 0.2) is 0 Å². The molecule has 1 atom stereocenters. The second-order valence-electron chi connectivity index (χ2n) is 3.03. The lowest BCUT2D eigenvalue weighted by atomic mass is 10.1. The Morgan fingerprint density at radius 2 is 2.31 bits per heavy atom. The van der Waals surface area contributed by atoms with Gasteiger partial charge < -0.3 is 4.74 Å². The summed E-state index contributed by atoms with van der Waals surface area (Å²) >= 11 is 7.89. The van der Waals surface area contributed by atoms with E-state index in [1.165, 1.54) is 17.7 Å². The summed E-state index contributed by atoms with van der Waals surface area (Å²) in [5.74, 6) is 2.21. The van der Waals surface area contributed by atoms with E-state index < -0.39 is 0 Å². The van der Waals surface area contributed by atoms with E-state index in [9.17, 15) is 0 Å². The molecule has 0 saturated carbocycles. The Morgan fingerprint density at radius 1 is 1.54 bits per heavy atom. The molecule has 0 aliphatic carbocycles. The van der Waals surface area contributed by atoms with Crippen LogP contribution in [0.2, 0.25) is 5.02 Å². The van der Waals surface area contributed by atoms with Crippen LogP contribution in [0.1, 0.15) is 17.2 Å². The lowest BCUT2D eigenvalue weighted by Gasteiger charge is -2.26. The van der Waals surface area contributed by atoms with Gasteiger partial charge in [0.05, 0.1) is 7.11 Å². The van der Waals surface area contributed by atoms with E-state index in [4.69, 9.17) is 16.3 Å². The van der Waals surface area contributed by atoms with Crippen LogP contribution in [-0.2, 0) is 0 Å². The fourth-order valence-electron chi connectivity index (χ4n) is 1.44. The third-order valence-electron chi connectivity index (χ3n) is 2.24. The molecule has 1 aliphatic heterocycles. The first-order chi connectivity index (χ1) is 6.31. The average Bonchev–Trinajstić information content (AvgIpc) is 2.02. The monoisotopic (exact) mass is 214 g/mol. The SMILES string of the molecule is COc1ccc(Cl)cc1C1CCS1. The van der Waals surface area contributed by atoms with Crippen LogP contribution >= 0.6 is 23.4 Å². The third kappa shape index (κ3) is 1.79. The van der Waals surface area contributed by atoms with Crippen molar-refractivity contribution in [3.05, 3.63) is 28.8 Å². The first kappa shape index (κ1) is 9.22. The summed E-state index contributed by atoms with van der Waals surface area (Å²) in [5.41, 5.74) is 1.24. The fraction of sp³-hybridized carbons (Fsp3) is 0.400. The summed E-state index contributed by atoms with van der Waals surface area (Å²) < 4.78 is 5.29. The van der Waals surface area contributed by atoms with E-state index >= 15 is 0 Å². The molecular formula is C10H11ClOS. The molecule has 1 fully saturated rings. The summed E-state index contributed by atoms with van der Waals surface area (Å²) in [5, 5.41) is 1.39. The molecule has 1 aromatic carbocycles. The Balaban J connectivity index is 2.33. The lowest BCUT2D eigenvalue weighted by molar-refractivity contribution is 0.408. The Morgan fingerprint density at radius 3 is 2.85 bits per heavy atom. The Labute approximate surface area is 87.4 Å². The maximum atomic E-state index is 5.93. The topological polar surface area (TPSA) is 9.23 Å². The van der Waals surface area contributed by atoms with E-state index in [-0.39, 0.29) is 0 Å². The van der Waals surface area contributed by atoms with Gasteiger partial charge in [-0.1, -0.05) is 11.6 Å². The molecule has 0 aromatic heterocycles. The number of benzene rings is 1. The average molecular weight is 215 g/mol. The maximum Gasteiger partial charge on any atom is 0.123 e. The van der Waals surface area contributed by atoms with E-state index in [1.807, 2.05) is 30.0 Å². The van der Waals surface area contributed by atoms with Gasteiger partial charge in [-0.2, -0.15) is 11.8 Å². The van der Waals surface area contributed by atoms with Crippen molar-refractivity contribution in [2.45, 2.75) is 11.7 Å². The zero-order chi connectivity index (χ0) is 9.26. The van der Waals surface area contributed by atoms with Crippen molar-refractivity contribution < 1.29 is 4.74 Å². The predicted octanol–water partition coefficient (Wildman–Crippen LogP) is 3.53. The number of hydrogen-bond acceptors (Lipinski definition) is 2. The lowest BCUT2D eigenvalue weighted by Crippen LogP contribution is -2.08. The largest absolute Gasteiger partial charge is 0.496 e. The quantitative estimate of drug-likeness (QED) is 0.745. The van der Waals surface area contributed by atoms with Crippen molar-refractivity contribution in [3.8, 4) is 5.75 Å². The number of hydrogen-bond donors (Lipinski definition) is 0. The number of rotatable bonds is 2. The van der Waals surface area contributed by atoms with Crippen molar-refractivity contribution in [2.24, 2.45) is 0 Å². The molecule has 2 rings (SSSR count). The molecule has 0 spiro atoms. The number of halogens is 1. The van der Waals surface area contributed by atoms with Gasteiger partial charge in [-0.3, -0.25) is 0 Å². The summed E-state index contributed by atoms with van der Waals surface area (Å²) in [6, 6.07) is 5.82. The van der Waals surface area contributed by atoms with E-state index in [0.29, 0.717) is 5.25 Å². The van der Waals surface area contributed by atoms with Crippen LogP contribution in [0.3, 0.4) is 0 Å². The molecule has 0 amide bonds. The molecule has 0 radical (unpaired) electrons. The number of ether oxygens (including phenoxy) is 1. The van der Waals surface area contributed by atoms with Gasteiger partial charge in [-0.25, -0.2) is 0 Å². The van der Waals surface area contributed by atoms with Gasteiger partial charge in [-0.15, -0.1) is 0 Å². The predicted molar refractivity (Wildman–Crippen MR) is 57.8 cm³/mol. The van der Waals surface area contributed by atoms with Crippen molar-refractivity contribution in [1.29, 1.82) is 0 Å². The van der Waals surface area contributed by atoms with E-state index in [1.54, 1.807) is 7.11 Å². The minimum Gasteiger partial charge on any atom is -0.496 e. The molecule has 0 N–H and O–H groups in total. The van der Waals surface area contributed by atoms with Crippen molar-refractivity contribution in [2.75, 3.05) is 12.9 Å². The normalized spacial score (nSPS) is 20.9.